The van der Waals surface area contributed by atoms with Crippen molar-refractivity contribution in [3.8, 4) is 26.7 Å². The van der Waals surface area contributed by atoms with E-state index in [0.29, 0.717) is 11.4 Å². The maximum absolute atomic E-state index is 13.7. The fraction of sp³-hybridized carbons (Fsp3) is 0.208. The monoisotopic (exact) mass is 442 g/mol. The summed E-state index contributed by atoms with van der Waals surface area (Å²) >= 11 is 1.47. The summed E-state index contributed by atoms with van der Waals surface area (Å²) in [6.45, 7) is 5.13. The zero-order chi connectivity index (χ0) is 22.4. The maximum Gasteiger partial charge on any atom is 0.418 e. The van der Waals surface area contributed by atoms with Crippen molar-refractivity contribution in [1.29, 1.82) is 0 Å². The van der Waals surface area contributed by atoms with E-state index in [2.05, 4.69) is 11.2 Å². The molecule has 2 aromatic carbocycles. The van der Waals surface area contributed by atoms with Crippen LogP contribution >= 0.6 is 11.3 Å². The number of benzene rings is 2. The summed E-state index contributed by atoms with van der Waals surface area (Å²) in [6.07, 6.45) is -4.53. The van der Waals surface area contributed by atoms with Crippen LogP contribution in [0.25, 0.3) is 26.7 Å². The minimum atomic E-state index is -4.53. The third kappa shape index (κ3) is 4.29. The molecule has 0 unspecified atom stereocenters. The minimum Gasteiger partial charge on any atom is -0.384 e. The van der Waals surface area contributed by atoms with Gasteiger partial charge in [-0.1, -0.05) is 42.0 Å². The molecule has 0 fully saturated rings. The summed E-state index contributed by atoms with van der Waals surface area (Å²) in [5, 5.41) is 14.8. The summed E-state index contributed by atoms with van der Waals surface area (Å²) in [5.41, 5.74) is 0.802. The van der Waals surface area contributed by atoms with Crippen LogP contribution in [0.15, 0.2) is 66.7 Å². The highest BCUT2D eigenvalue weighted by molar-refractivity contribution is 7.18. The topological polar surface area (TPSA) is 38.1 Å². The number of para-hydroxylation sites is 1. The fourth-order valence-electron chi connectivity index (χ4n) is 3.37. The summed E-state index contributed by atoms with van der Waals surface area (Å²) in [5.74, 6) is 0. The minimum absolute atomic E-state index is 0.0778. The third-order valence-electron chi connectivity index (χ3n) is 4.93. The first kappa shape index (κ1) is 21.3. The average Bonchev–Trinajstić information content (AvgIpc) is 3.34. The molecule has 1 N–H and O–H groups in total. The number of aliphatic hydroxyl groups is 1. The molecule has 0 aliphatic carbocycles. The third-order valence-corrected chi connectivity index (χ3v) is 6.09. The number of halogens is 3. The van der Waals surface area contributed by atoms with E-state index in [1.807, 2.05) is 37.3 Å². The number of nitrogens with zero attached hydrogens (tertiary/aromatic N) is 2. The zero-order valence-corrected chi connectivity index (χ0v) is 18.1. The number of aryl methyl sites for hydroxylation is 1. The van der Waals surface area contributed by atoms with Gasteiger partial charge in [0.05, 0.1) is 27.5 Å². The van der Waals surface area contributed by atoms with E-state index in [9.17, 15) is 18.3 Å². The molecule has 0 radical (unpaired) electrons. The van der Waals surface area contributed by atoms with Gasteiger partial charge in [0, 0.05) is 4.88 Å². The van der Waals surface area contributed by atoms with E-state index in [4.69, 9.17) is 0 Å². The van der Waals surface area contributed by atoms with E-state index >= 15 is 0 Å². The molecule has 4 aromatic rings. The van der Waals surface area contributed by atoms with Gasteiger partial charge in [0.1, 0.15) is 5.60 Å². The lowest BCUT2D eigenvalue weighted by Gasteiger charge is -2.15. The van der Waals surface area contributed by atoms with E-state index < -0.39 is 17.3 Å². The van der Waals surface area contributed by atoms with E-state index in [1.54, 1.807) is 26.0 Å². The van der Waals surface area contributed by atoms with Crippen molar-refractivity contribution in [2.24, 2.45) is 0 Å². The smallest absolute Gasteiger partial charge is 0.384 e. The van der Waals surface area contributed by atoms with Gasteiger partial charge in [-0.15, -0.1) is 11.3 Å². The molecule has 4 rings (SSSR count). The Morgan fingerprint density at radius 1 is 0.903 bits per heavy atom. The highest BCUT2D eigenvalue weighted by Gasteiger charge is 2.35. The molecule has 0 saturated carbocycles. The molecule has 0 atom stereocenters. The van der Waals surface area contributed by atoms with Crippen LogP contribution < -0.4 is 0 Å². The van der Waals surface area contributed by atoms with Gasteiger partial charge >= 0.3 is 6.18 Å². The van der Waals surface area contributed by atoms with Crippen LogP contribution in [-0.2, 0) is 11.8 Å². The Kier molecular flexibility index (Phi) is 5.27. The van der Waals surface area contributed by atoms with E-state index in [1.165, 1.54) is 28.2 Å². The Bertz CT molecular complexity index is 1230. The predicted octanol–water partition coefficient (Wildman–Crippen LogP) is 6.82. The molecule has 0 amide bonds. The van der Waals surface area contributed by atoms with Crippen LogP contribution in [-0.4, -0.2) is 14.9 Å². The Balaban J connectivity index is 1.90. The molecular formula is C24H21F3N2OS. The molecule has 0 spiro atoms. The summed E-state index contributed by atoms with van der Waals surface area (Å²) < 4.78 is 42.3. The van der Waals surface area contributed by atoms with Crippen molar-refractivity contribution in [2.45, 2.75) is 32.5 Å². The van der Waals surface area contributed by atoms with Gasteiger partial charge in [0.2, 0.25) is 0 Å². The molecule has 2 heterocycles. The van der Waals surface area contributed by atoms with Crippen molar-refractivity contribution in [1.82, 2.24) is 9.78 Å². The van der Waals surface area contributed by atoms with Crippen molar-refractivity contribution in [2.75, 3.05) is 0 Å². The number of alkyl halides is 3. The molecule has 0 saturated heterocycles. The first-order valence-electron chi connectivity index (χ1n) is 9.71. The van der Waals surface area contributed by atoms with Gasteiger partial charge in [0.15, 0.2) is 0 Å². The predicted molar refractivity (Wildman–Crippen MR) is 117 cm³/mol. The number of thiophene rings is 1. The van der Waals surface area contributed by atoms with Gasteiger partial charge in [-0.25, -0.2) is 4.68 Å². The van der Waals surface area contributed by atoms with Crippen LogP contribution in [0.1, 0.15) is 30.7 Å². The van der Waals surface area contributed by atoms with Crippen molar-refractivity contribution in [3.05, 3.63) is 83.6 Å². The normalized spacial score (nSPS) is 12.4. The van der Waals surface area contributed by atoms with E-state index in [-0.39, 0.29) is 5.69 Å². The highest BCUT2D eigenvalue weighted by Crippen LogP contribution is 2.40. The van der Waals surface area contributed by atoms with Crippen LogP contribution in [0, 0.1) is 6.92 Å². The lowest BCUT2D eigenvalue weighted by molar-refractivity contribution is -0.137. The molecule has 160 valence electrons. The Morgan fingerprint density at radius 3 is 2.29 bits per heavy atom. The van der Waals surface area contributed by atoms with Crippen molar-refractivity contribution < 1.29 is 18.3 Å². The summed E-state index contributed by atoms with van der Waals surface area (Å²) in [7, 11) is 0. The second-order valence-corrected chi connectivity index (χ2v) is 9.02. The molecule has 3 nitrogen and oxygen atoms in total. The first-order chi connectivity index (χ1) is 14.5. The van der Waals surface area contributed by atoms with Gasteiger partial charge in [-0.2, -0.15) is 18.3 Å². The van der Waals surface area contributed by atoms with Crippen molar-refractivity contribution >= 4 is 11.3 Å². The van der Waals surface area contributed by atoms with Crippen molar-refractivity contribution in [3.63, 3.8) is 0 Å². The lowest BCUT2D eigenvalue weighted by atomic mass is 10.1. The molecule has 31 heavy (non-hydrogen) atoms. The maximum atomic E-state index is 13.7. The number of rotatable bonds is 4. The van der Waals surface area contributed by atoms with Crippen LogP contribution in [0.4, 0.5) is 13.2 Å². The Hall–Kier alpha value is -2.90. The molecular weight excluding hydrogens is 421 g/mol. The van der Waals surface area contributed by atoms with Crippen LogP contribution in [0.5, 0.6) is 0 Å². The zero-order valence-electron chi connectivity index (χ0n) is 17.2. The molecule has 0 bridgehead atoms. The van der Waals surface area contributed by atoms with Crippen LogP contribution in [0.2, 0.25) is 0 Å². The standard InChI is InChI=1S/C24H21F3N2OS/c1-15-7-6-8-16(13-15)20-11-12-21(31-20)19-14-22(23(2,3)30)28-29(19)18-10-5-4-9-17(18)24(25,26)27/h4-14,30H,1-3H3. The van der Waals surface area contributed by atoms with Gasteiger partial charge in [0.25, 0.3) is 0 Å². The number of aromatic nitrogens is 2. The summed E-state index contributed by atoms with van der Waals surface area (Å²) in [4.78, 5) is 1.76. The molecule has 0 aliphatic rings. The number of hydrogen-bond donors (Lipinski definition) is 1. The average molecular weight is 443 g/mol. The fourth-order valence-corrected chi connectivity index (χ4v) is 4.37. The van der Waals surface area contributed by atoms with E-state index in [0.717, 1.165) is 26.9 Å². The molecule has 0 aliphatic heterocycles. The number of hydrogen-bond acceptors (Lipinski definition) is 3. The largest absolute Gasteiger partial charge is 0.418 e. The quantitative estimate of drug-likeness (QED) is 0.376. The van der Waals surface area contributed by atoms with Gasteiger partial charge in [-0.3, -0.25) is 0 Å². The summed E-state index contributed by atoms with van der Waals surface area (Å²) in [6, 6.07) is 18.9. The second kappa shape index (κ2) is 7.66. The lowest BCUT2D eigenvalue weighted by Crippen LogP contribution is -2.17. The SMILES string of the molecule is Cc1cccc(-c2ccc(-c3cc(C(C)(C)O)nn3-c3ccccc3C(F)(F)F)s2)c1. The Morgan fingerprint density at radius 2 is 1.61 bits per heavy atom. The van der Waals surface area contributed by atoms with Crippen LogP contribution in [0.3, 0.4) is 0 Å². The Labute approximate surface area is 182 Å². The highest BCUT2D eigenvalue weighted by atomic mass is 32.1. The van der Waals surface area contributed by atoms with Gasteiger partial charge < -0.3 is 5.11 Å². The first-order valence-corrected chi connectivity index (χ1v) is 10.5. The van der Waals surface area contributed by atoms with Gasteiger partial charge in [-0.05, 0) is 56.7 Å². The second-order valence-electron chi connectivity index (χ2n) is 7.93. The molecule has 2 aromatic heterocycles. The molecule has 7 heteroatoms.